The van der Waals surface area contributed by atoms with E-state index in [-0.39, 0.29) is 30.5 Å². The molecule has 3 atom stereocenters. The SMILES string of the molecule is CC(C)(C)C[C@H](NC(=O)c1cc2cc(F)ccc2[nH]1)C(=O)N[C@@H](C[C@@H]1CCNC1=O)C(=O)COc1c(F)c(F)cc(F)c1F. The molecule has 0 unspecified atom stereocenters. The van der Waals surface area contributed by atoms with Crippen LogP contribution >= 0.6 is 0 Å². The van der Waals surface area contributed by atoms with Gasteiger partial charge >= 0.3 is 0 Å². The van der Waals surface area contributed by atoms with Crippen LogP contribution in [0.3, 0.4) is 0 Å². The van der Waals surface area contributed by atoms with Crippen LogP contribution in [-0.4, -0.2) is 53.7 Å². The third-order valence-corrected chi connectivity index (χ3v) is 7.08. The molecule has 1 aliphatic heterocycles. The number of hydrogen-bond acceptors (Lipinski definition) is 5. The van der Waals surface area contributed by atoms with E-state index in [0.717, 1.165) is 0 Å². The number of H-pyrrole nitrogens is 1. The molecule has 3 amide bonds. The maximum atomic E-state index is 14.1. The molecule has 14 heteroatoms. The Hall–Kier alpha value is -4.49. The highest BCUT2D eigenvalue weighted by Gasteiger charge is 2.35. The monoisotopic (exact) mass is 622 g/mol. The van der Waals surface area contributed by atoms with Gasteiger partial charge in [-0.2, -0.15) is 8.78 Å². The van der Waals surface area contributed by atoms with Crippen molar-refractivity contribution in [1.82, 2.24) is 20.9 Å². The summed E-state index contributed by atoms with van der Waals surface area (Å²) in [7, 11) is 0. The lowest BCUT2D eigenvalue weighted by Crippen LogP contribution is -2.54. The van der Waals surface area contributed by atoms with Gasteiger partial charge in [0.2, 0.25) is 23.4 Å². The summed E-state index contributed by atoms with van der Waals surface area (Å²) in [5, 5.41) is 8.16. The van der Waals surface area contributed by atoms with Gasteiger partial charge in [-0.25, -0.2) is 13.2 Å². The number of halogens is 5. The summed E-state index contributed by atoms with van der Waals surface area (Å²) >= 11 is 0. The van der Waals surface area contributed by atoms with Crippen LogP contribution in [0.1, 0.15) is 50.5 Å². The molecule has 1 aliphatic rings. The van der Waals surface area contributed by atoms with Crippen molar-refractivity contribution in [3.05, 3.63) is 65.1 Å². The molecule has 236 valence electrons. The topological polar surface area (TPSA) is 129 Å². The number of carbonyl (C=O) groups is 4. The average molecular weight is 623 g/mol. The molecule has 4 N–H and O–H groups in total. The molecule has 2 heterocycles. The van der Waals surface area contributed by atoms with E-state index in [1.165, 1.54) is 24.3 Å². The maximum Gasteiger partial charge on any atom is 0.268 e. The van der Waals surface area contributed by atoms with E-state index in [1.807, 2.05) is 20.8 Å². The Kier molecular flexibility index (Phi) is 9.59. The fourth-order valence-corrected chi connectivity index (χ4v) is 4.90. The molecule has 9 nitrogen and oxygen atoms in total. The largest absolute Gasteiger partial charge is 0.479 e. The van der Waals surface area contributed by atoms with Crippen LogP contribution in [0.25, 0.3) is 10.9 Å². The molecular weight excluding hydrogens is 591 g/mol. The molecule has 0 spiro atoms. The quantitative estimate of drug-likeness (QED) is 0.190. The zero-order valence-corrected chi connectivity index (χ0v) is 24.1. The van der Waals surface area contributed by atoms with Gasteiger partial charge in [-0.3, -0.25) is 19.2 Å². The third kappa shape index (κ3) is 7.71. The Labute approximate surface area is 248 Å². The van der Waals surface area contributed by atoms with Gasteiger partial charge in [-0.1, -0.05) is 20.8 Å². The molecule has 0 saturated carbocycles. The number of hydrogen-bond donors (Lipinski definition) is 4. The van der Waals surface area contributed by atoms with Gasteiger partial charge < -0.3 is 25.7 Å². The van der Waals surface area contributed by atoms with Crippen molar-refractivity contribution in [1.29, 1.82) is 0 Å². The van der Waals surface area contributed by atoms with Crippen LogP contribution in [0.5, 0.6) is 5.75 Å². The van der Waals surface area contributed by atoms with E-state index in [2.05, 4.69) is 20.9 Å². The van der Waals surface area contributed by atoms with Crippen LogP contribution in [0.2, 0.25) is 0 Å². The predicted molar refractivity (Wildman–Crippen MR) is 148 cm³/mol. The number of rotatable bonds is 11. The molecule has 0 aliphatic carbocycles. The van der Waals surface area contributed by atoms with E-state index in [9.17, 15) is 41.1 Å². The highest BCUT2D eigenvalue weighted by molar-refractivity contribution is 6.01. The van der Waals surface area contributed by atoms with E-state index in [1.54, 1.807) is 0 Å². The molecule has 2 aromatic carbocycles. The summed E-state index contributed by atoms with van der Waals surface area (Å²) in [6, 6.07) is 2.66. The zero-order chi connectivity index (χ0) is 32.3. The molecule has 44 heavy (non-hydrogen) atoms. The third-order valence-electron chi connectivity index (χ3n) is 7.08. The van der Waals surface area contributed by atoms with E-state index in [0.29, 0.717) is 23.9 Å². The molecule has 1 aromatic heterocycles. The summed E-state index contributed by atoms with van der Waals surface area (Å²) < 4.78 is 73.9. The van der Waals surface area contributed by atoms with Crippen LogP contribution < -0.4 is 20.7 Å². The number of aromatic nitrogens is 1. The van der Waals surface area contributed by atoms with Crippen molar-refractivity contribution >= 4 is 34.4 Å². The second-order valence-corrected chi connectivity index (χ2v) is 11.8. The first kappa shape index (κ1) is 32.4. The number of Topliss-reactive ketones (excluding diaryl/α,β-unsaturated/α-hetero) is 1. The summed E-state index contributed by atoms with van der Waals surface area (Å²) in [5.41, 5.74) is 0.0239. The van der Waals surface area contributed by atoms with Gasteiger partial charge in [-0.05, 0) is 48.9 Å². The number of carbonyl (C=O) groups excluding carboxylic acids is 4. The van der Waals surface area contributed by atoms with Crippen molar-refractivity contribution in [2.45, 2.75) is 52.1 Å². The summed E-state index contributed by atoms with van der Waals surface area (Å²) in [6.45, 7) is 4.66. The van der Waals surface area contributed by atoms with Crippen LogP contribution in [0.4, 0.5) is 22.0 Å². The minimum Gasteiger partial charge on any atom is -0.479 e. The van der Waals surface area contributed by atoms with Crippen LogP contribution in [0.15, 0.2) is 30.3 Å². The zero-order valence-electron chi connectivity index (χ0n) is 24.1. The first-order valence-corrected chi connectivity index (χ1v) is 13.8. The molecule has 1 fully saturated rings. The van der Waals surface area contributed by atoms with Crippen molar-refractivity contribution in [2.75, 3.05) is 13.2 Å². The van der Waals surface area contributed by atoms with Gasteiger partial charge in [0.25, 0.3) is 5.91 Å². The number of ether oxygens (including phenoxy) is 1. The highest BCUT2D eigenvalue weighted by Crippen LogP contribution is 2.27. The Balaban J connectivity index is 1.54. The number of fused-ring (bicyclic) bond motifs is 1. The molecule has 1 saturated heterocycles. The van der Waals surface area contributed by atoms with E-state index < -0.39 is 82.5 Å². The van der Waals surface area contributed by atoms with E-state index in [4.69, 9.17) is 4.74 Å². The number of amides is 3. The molecule has 3 aromatic rings. The second-order valence-electron chi connectivity index (χ2n) is 11.8. The average Bonchev–Trinajstić information content (AvgIpc) is 3.55. The molecule has 0 radical (unpaired) electrons. The minimum atomic E-state index is -1.85. The Morgan fingerprint density at radius 2 is 1.66 bits per heavy atom. The first-order valence-electron chi connectivity index (χ1n) is 13.8. The van der Waals surface area contributed by atoms with Crippen LogP contribution in [0, 0.1) is 40.4 Å². The number of aromatic amines is 1. The van der Waals surface area contributed by atoms with E-state index >= 15 is 0 Å². The Morgan fingerprint density at radius 3 is 2.27 bits per heavy atom. The molecular formula is C30H31F5N4O5. The van der Waals surface area contributed by atoms with Gasteiger partial charge in [0, 0.05) is 29.4 Å². The van der Waals surface area contributed by atoms with Crippen molar-refractivity contribution < 1.29 is 45.9 Å². The normalized spacial score (nSPS) is 16.4. The fraction of sp³-hybridized carbons (Fsp3) is 0.400. The number of ketones is 1. The van der Waals surface area contributed by atoms with Gasteiger partial charge in [0.15, 0.2) is 23.2 Å². The molecule has 0 bridgehead atoms. The minimum absolute atomic E-state index is 0.0150. The fourth-order valence-electron chi connectivity index (χ4n) is 4.90. The summed E-state index contributed by atoms with van der Waals surface area (Å²) in [6.07, 6.45) is 0.215. The Bertz CT molecular complexity index is 1580. The number of nitrogens with one attached hydrogen (secondary N) is 4. The number of benzene rings is 2. The van der Waals surface area contributed by atoms with Crippen molar-refractivity contribution in [2.24, 2.45) is 11.3 Å². The molecule has 4 rings (SSSR count). The predicted octanol–water partition coefficient (Wildman–Crippen LogP) is 4.06. The standard InChI is InChI=1S/C30H31F5N4O5/c1-30(2,3)12-22(39-28(42)21-10-15-8-16(31)4-5-19(15)37-21)29(43)38-20(9-14-6-7-36-27(14)41)23(40)13-44-26-24(34)17(32)11-18(33)25(26)35/h4-5,8,10-11,14,20,22,37H,6-7,9,12-13H2,1-3H3,(H,36,41)(H,38,43)(H,39,42)/t14-,20-,22-/m0/s1. The summed E-state index contributed by atoms with van der Waals surface area (Å²) in [5.74, 6) is -12.6. The first-order chi connectivity index (χ1) is 20.6. The lowest BCUT2D eigenvalue weighted by molar-refractivity contribution is -0.131. The van der Waals surface area contributed by atoms with Gasteiger partial charge in [0.1, 0.15) is 24.2 Å². The van der Waals surface area contributed by atoms with Crippen LogP contribution in [-0.2, 0) is 14.4 Å². The maximum absolute atomic E-state index is 14.1. The smallest absolute Gasteiger partial charge is 0.268 e. The van der Waals surface area contributed by atoms with Crippen molar-refractivity contribution in [3.63, 3.8) is 0 Å². The summed E-state index contributed by atoms with van der Waals surface area (Å²) in [4.78, 5) is 55.0. The van der Waals surface area contributed by atoms with Crippen molar-refractivity contribution in [3.8, 4) is 5.75 Å². The lowest BCUT2D eigenvalue weighted by atomic mass is 9.87. The highest BCUT2D eigenvalue weighted by atomic mass is 19.2. The lowest BCUT2D eigenvalue weighted by Gasteiger charge is -2.28. The second kappa shape index (κ2) is 13.0. The van der Waals surface area contributed by atoms with Gasteiger partial charge in [-0.15, -0.1) is 0 Å². The Morgan fingerprint density at radius 1 is 0.977 bits per heavy atom. The van der Waals surface area contributed by atoms with Gasteiger partial charge in [0.05, 0.1) is 6.04 Å².